The minimum atomic E-state index is -0.471. The Labute approximate surface area is 217 Å². The van der Waals surface area contributed by atoms with Gasteiger partial charge < -0.3 is 18.9 Å². The number of benzene rings is 3. The highest BCUT2D eigenvalue weighted by atomic mass is 35.5. The lowest BCUT2D eigenvalue weighted by Gasteiger charge is -2.08. The number of anilines is 1. The zero-order valence-electron chi connectivity index (χ0n) is 19.1. The number of carbonyl (C=O) groups excluding carboxylic acids is 1. The SMILES string of the molecule is CCOc1ccc(-c2nc3cc(NC(=S)NC(=O)c4ccc(-c5cccc(Cl)c5)o4)ccc3o2)cc1. The number of halogens is 1. The fraction of sp³-hybridized carbons (Fsp3) is 0.0741. The number of rotatable bonds is 6. The number of amides is 1. The molecular formula is C27H20ClN3O4S. The number of carbonyl (C=O) groups is 1. The first kappa shape index (κ1) is 23.6. The van der Waals surface area contributed by atoms with E-state index in [1.165, 1.54) is 0 Å². The van der Waals surface area contributed by atoms with Gasteiger partial charge in [0.05, 0.1) is 6.61 Å². The summed E-state index contributed by atoms with van der Waals surface area (Å²) >= 11 is 11.3. The standard InChI is InChI=1S/C27H20ClN3O4S/c1-2-33-20-9-6-16(7-10-20)26-30-21-15-19(8-11-23(21)35-26)29-27(36)31-25(32)24-13-12-22(34-24)17-4-3-5-18(28)14-17/h3-15H,2H2,1H3,(H2,29,31,32,36). The number of nitrogens with one attached hydrogen (secondary N) is 2. The lowest BCUT2D eigenvalue weighted by molar-refractivity contribution is 0.0951. The molecule has 7 nitrogen and oxygen atoms in total. The van der Waals surface area contributed by atoms with E-state index in [0.717, 1.165) is 16.9 Å². The Bertz CT molecular complexity index is 1560. The van der Waals surface area contributed by atoms with Gasteiger partial charge in [-0.3, -0.25) is 10.1 Å². The zero-order chi connectivity index (χ0) is 25.1. The Morgan fingerprint density at radius 1 is 1.00 bits per heavy atom. The Hall–Kier alpha value is -4.14. The molecule has 0 aliphatic carbocycles. The molecular weight excluding hydrogens is 498 g/mol. The van der Waals surface area contributed by atoms with Gasteiger partial charge in [0, 0.05) is 21.8 Å². The molecule has 0 spiro atoms. The average molecular weight is 518 g/mol. The van der Waals surface area contributed by atoms with Crippen molar-refractivity contribution in [2.24, 2.45) is 0 Å². The molecule has 0 saturated carbocycles. The number of hydrogen-bond acceptors (Lipinski definition) is 6. The highest BCUT2D eigenvalue weighted by Crippen LogP contribution is 2.28. The summed E-state index contributed by atoms with van der Waals surface area (Å²) in [6.45, 7) is 2.54. The largest absolute Gasteiger partial charge is 0.494 e. The number of ether oxygens (including phenoxy) is 1. The van der Waals surface area contributed by atoms with E-state index in [2.05, 4.69) is 15.6 Å². The van der Waals surface area contributed by atoms with E-state index in [4.69, 9.17) is 37.4 Å². The molecule has 3 aromatic carbocycles. The van der Waals surface area contributed by atoms with E-state index in [0.29, 0.717) is 40.1 Å². The summed E-state index contributed by atoms with van der Waals surface area (Å²) in [6, 6.07) is 23.4. The summed E-state index contributed by atoms with van der Waals surface area (Å²) in [7, 11) is 0. The maximum Gasteiger partial charge on any atom is 0.293 e. The number of oxazole rings is 1. The summed E-state index contributed by atoms with van der Waals surface area (Å²) < 4.78 is 17.0. The molecule has 0 bridgehead atoms. The summed E-state index contributed by atoms with van der Waals surface area (Å²) in [5.41, 5.74) is 3.53. The smallest absolute Gasteiger partial charge is 0.293 e. The Kier molecular flexibility index (Phi) is 6.71. The maximum atomic E-state index is 12.6. The molecule has 9 heteroatoms. The van der Waals surface area contributed by atoms with Gasteiger partial charge in [-0.2, -0.15) is 0 Å². The second-order valence-electron chi connectivity index (χ2n) is 7.74. The van der Waals surface area contributed by atoms with Crippen LogP contribution in [-0.4, -0.2) is 22.6 Å². The second-order valence-corrected chi connectivity index (χ2v) is 8.59. The highest BCUT2D eigenvalue weighted by Gasteiger charge is 2.15. The van der Waals surface area contributed by atoms with Crippen LogP contribution in [-0.2, 0) is 0 Å². The van der Waals surface area contributed by atoms with E-state index in [1.54, 1.807) is 42.5 Å². The first-order chi connectivity index (χ1) is 17.5. The van der Waals surface area contributed by atoms with Crippen LogP contribution in [0, 0.1) is 0 Å². The first-order valence-electron chi connectivity index (χ1n) is 11.1. The summed E-state index contributed by atoms with van der Waals surface area (Å²) in [4.78, 5) is 17.2. The highest BCUT2D eigenvalue weighted by molar-refractivity contribution is 7.80. The van der Waals surface area contributed by atoms with Gasteiger partial charge in [-0.25, -0.2) is 4.98 Å². The quantitative estimate of drug-likeness (QED) is 0.236. The van der Waals surface area contributed by atoms with Crippen molar-refractivity contribution in [1.82, 2.24) is 10.3 Å². The molecule has 5 aromatic rings. The molecule has 0 aliphatic heterocycles. The summed E-state index contributed by atoms with van der Waals surface area (Å²) in [6.07, 6.45) is 0. The molecule has 5 rings (SSSR count). The molecule has 2 aromatic heterocycles. The molecule has 0 fully saturated rings. The van der Waals surface area contributed by atoms with Gasteiger partial charge in [-0.15, -0.1) is 0 Å². The molecule has 0 atom stereocenters. The maximum absolute atomic E-state index is 12.6. The number of furan rings is 1. The van der Waals surface area contributed by atoms with Crippen LogP contribution in [0.25, 0.3) is 33.9 Å². The summed E-state index contributed by atoms with van der Waals surface area (Å²) in [5, 5.41) is 6.32. The van der Waals surface area contributed by atoms with Gasteiger partial charge in [0.2, 0.25) is 5.89 Å². The lowest BCUT2D eigenvalue weighted by Crippen LogP contribution is -2.33. The number of thiocarbonyl (C=S) groups is 1. The van der Waals surface area contributed by atoms with Crippen molar-refractivity contribution < 1.29 is 18.4 Å². The van der Waals surface area contributed by atoms with E-state index in [1.807, 2.05) is 43.3 Å². The van der Waals surface area contributed by atoms with Crippen LogP contribution in [0.1, 0.15) is 17.5 Å². The van der Waals surface area contributed by atoms with Gasteiger partial charge in [0.25, 0.3) is 5.91 Å². The average Bonchev–Trinajstić information content (AvgIpc) is 3.52. The molecule has 0 radical (unpaired) electrons. The van der Waals surface area contributed by atoms with Crippen molar-refractivity contribution in [1.29, 1.82) is 0 Å². The fourth-order valence-electron chi connectivity index (χ4n) is 3.57. The molecule has 0 unspecified atom stereocenters. The van der Waals surface area contributed by atoms with Crippen LogP contribution in [0.5, 0.6) is 5.75 Å². The first-order valence-corrected chi connectivity index (χ1v) is 11.9. The minimum absolute atomic E-state index is 0.121. The zero-order valence-corrected chi connectivity index (χ0v) is 20.7. The van der Waals surface area contributed by atoms with Gasteiger partial charge in [0.1, 0.15) is 17.0 Å². The van der Waals surface area contributed by atoms with Crippen molar-refractivity contribution >= 4 is 51.6 Å². The Morgan fingerprint density at radius 3 is 2.61 bits per heavy atom. The normalized spacial score (nSPS) is 10.8. The van der Waals surface area contributed by atoms with Crippen molar-refractivity contribution in [3.8, 4) is 28.5 Å². The predicted octanol–water partition coefficient (Wildman–Crippen LogP) is 6.93. The lowest BCUT2D eigenvalue weighted by atomic mass is 10.2. The molecule has 180 valence electrons. The van der Waals surface area contributed by atoms with Crippen LogP contribution >= 0.6 is 23.8 Å². The van der Waals surface area contributed by atoms with Gasteiger partial charge in [0.15, 0.2) is 16.5 Å². The third kappa shape index (κ3) is 5.25. The van der Waals surface area contributed by atoms with Crippen molar-refractivity contribution in [3.05, 3.63) is 89.6 Å². The number of hydrogen-bond donors (Lipinski definition) is 2. The molecule has 0 saturated heterocycles. The number of fused-ring (bicyclic) bond motifs is 1. The second kappa shape index (κ2) is 10.2. The molecule has 1 amide bonds. The Balaban J connectivity index is 1.25. The third-order valence-corrected chi connectivity index (χ3v) is 5.66. The third-order valence-electron chi connectivity index (χ3n) is 5.22. The van der Waals surface area contributed by atoms with Crippen molar-refractivity contribution in [3.63, 3.8) is 0 Å². The number of aromatic nitrogens is 1. The molecule has 36 heavy (non-hydrogen) atoms. The predicted molar refractivity (Wildman–Crippen MR) is 143 cm³/mol. The van der Waals surface area contributed by atoms with Crippen molar-refractivity contribution in [2.45, 2.75) is 6.92 Å². The van der Waals surface area contributed by atoms with Crippen LogP contribution in [0.4, 0.5) is 5.69 Å². The van der Waals surface area contributed by atoms with Gasteiger partial charge >= 0.3 is 0 Å². The van der Waals surface area contributed by atoms with Gasteiger partial charge in [-0.1, -0.05) is 23.7 Å². The molecule has 2 heterocycles. The monoisotopic (exact) mass is 517 g/mol. The van der Waals surface area contributed by atoms with Crippen LogP contribution in [0.3, 0.4) is 0 Å². The molecule has 0 aliphatic rings. The van der Waals surface area contributed by atoms with E-state index in [-0.39, 0.29) is 10.9 Å². The van der Waals surface area contributed by atoms with Crippen LogP contribution in [0.15, 0.2) is 87.7 Å². The van der Waals surface area contributed by atoms with Gasteiger partial charge in [-0.05, 0) is 85.9 Å². The van der Waals surface area contributed by atoms with E-state index < -0.39 is 5.91 Å². The minimum Gasteiger partial charge on any atom is -0.494 e. The van der Waals surface area contributed by atoms with E-state index in [9.17, 15) is 4.79 Å². The topological polar surface area (TPSA) is 89.5 Å². The summed E-state index contributed by atoms with van der Waals surface area (Å²) in [5.74, 6) is 1.47. The van der Waals surface area contributed by atoms with E-state index >= 15 is 0 Å². The fourth-order valence-corrected chi connectivity index (χ4v) is 3.97. The molecule has 2 N–H and O–H groups in total. The van der Waals surface area contributed by atoms with Crippen LogP contribution < -0.4 is 15.4 Å². The number of nitrogens with zero attached hydrogens (tertiary/aromatic N) is 1. The van der Waals surface area contributed by atoms with Crippen LogP contribution in [0.2, 0.25) is 5.02 Å². The van der Waals surface area contributed by atoms with Crippen molar-refractivity contribution in [2.75, 3.05) is 11.9 Å². The Morgan fingerprint density at radius 2 is 1.83 bits per heavy atom.